The van der Waals surface area contributed by atoms with E-state index < -0.39 is 5.97 Å². The molecule has 1 aliphatic rings. The lowest BCUT2D eigenvalue weighted by Gasteiger charge is -2.14. The Hall–Kier alpha value is -2.50. The fourth-order valence-electron chi connectivity index (χ4n) is 2.06. The molecule has 0 fully saturated rings. The second kappa shape index (κ2) is 5.64. The molecule has 6 nitrogen and oxygen atoms in total. The van der Waals surface area contributed by atoms with E-state index in [1.54, 1.807) is 6.92 Å². The minimum atomic E-state index is -0.405. The first-order chi connectivity index (χ1) is 9.58. The van der Waals surface area contributed by atoms with Crippen LogP contribution in [0, 0.1) is 5.41 Å². The maximum atomic E-state index is 12.1. The van der Waals surface area contributed by atoms with Crippen LogP contribution in [0.4, 0.5) is 0 Å². The molecule has 20 heavy (non-hydrogen) atoms. The number of carbonyl (C=O) groups is 3. The first-order valence-corrected chi connectivity index (χ1v) is 6.24. The highest BCUT2D eigenvalue weighted by molar-refractivity contribution is 6.22. The van der Waals surface area contributed by atoms with Gasteiger partial charge in [-0.2, -0.15) is 0 Å². The van der Waals surface area contributed by atoms with Gasteiger partial charge in [-0.3, -0.25) is 24.7 Å². The fourth-order valence-corrected chi connectivity index (χ4v) is 2.06. The van der Waals surface area contributed by atoms with Gasteiger partial charge in [0.1, 0.15) is 12.1 Å². The summed E-state index contributed by atoms with van der Waals surface area (Å²) >= 11 is 0. The van der Waals surface area contributed by atoms with Crippen LogP contribution in [-0.2, 0) is 9.53 Å². The normalized spacial score (nSPS) is 13.3. The van der Waals surface area contributed by atoms with E-state index >= 15 is 0 Å². The second-order valence-electron chi connectivity index (χ2n) is 4.28. The van der Waals surface area contributed by atoms with Crippen LogP contribution in [0.15, 0.2) is 18.2 Å². The largest absolute Gasteiger partial charge is 0.466 e. The minimum absolute atomic E-state index is 0.0120. The van der Waals surface area contributed by atoms with Crippen molar-refractivity contribution in [2.45, 2.75) is 13.3 Å². The molecule has 0 bridgehead atoms. The third-order valence-corrected chi connectivity index (χ3v) is 3.03. The number of nitrogens with zero attached hydrogens (tertiary/aromatic N) is 1. The lowest BCUT2D eigenvalue weighted by Crippen LogP contribution is -2.32. The average Bonchev–Trinajstić information content (AvgIpc) is 2.69. The maximum absolute atomic E-state index is 12.1. The van der Waals surface area contributed by atoms with E-state index in [1.807, 2.05) is 0 Å². The van der Waals surface area contributed by atoms with Gasteiger partial charge in [-0.1, -0.05) is 6.07 Å². The number of rotatable bonds is 5. The Morgan fingerprint density at radius 3 is 2.80 bits per heavy atom. The van der Waals surface area contributed by atoms with Gasteiger partial charge in [-0.15, -0.1) is 0 Å². The van der Waals surface area contributed by atoms with Crippen molar-refractivity contribution >= 4 is 24.0 Å². The zero-order chi connectivity index (χ0) is 14.7. The van der Waals surface area contributed by atoms with Gasteiger partial charge < -0.3 is 4.74 Å². The predicted molar refractivity (Wildman–Crippen MR) is 70.9 cm³/mol. The van der Waals surface area contributed by atoms with Crippen LogP contribution in [0.3, 0.4) is 0 Å². The standard InChI is InChI=1S/C14H14N2O4/c1-2-20-12(18)5-6-16-13(15)11-7-9(8-17)3-4-10(11)14(16)19/h3-4,7-8,15H,2,5-6H2,1H3. The van der Waals surface area contributed by atoms with Crippen LogP contribution in [-0.4, -0.2) is 42.0 Å². The number of amides is 1. The van der Waals surface area contributed by atoms with Crippen LogP contribution >= 0.6 is 0 Å². The number of carbonyl (C=O) groups excluding carboxylic acids is 3. The molecule has 6 heteroatoms. The number of hydrogen-bond donors (Lipinski definition) is 1. The smallest absolute Gasteiger partial charge is 0.307 e. The van der Waals surface area contributed by atoms with Crippen molar-refractivity contribution < 1.29 is 19.1 Å². The molecule has 0 spiro atoms. The summed E-state index contributed by atoms with van der Waals surface area (Å²) in [5.74, 6) is -0.720. The van der Waals surface area contributed by atoms with Crippen molar-refractivity contribution in [3.63, 3.8) is 0 Å². The van der Waals surface area contributed by atoms with Gasteiger partial charge in [0.25, 0.3) is 5.91 Å². The summed E-state index contributed by atoms with van der Waals surface area (Å²) in [5, 5.41) is 7.97. The molecule has 1 aromatic carbocycles. The summed E-state index contributed by atoms with van der Waals surface area (Å²) < 4.78 is 4.79. The molecule has 1 heterocycles. The van der Waals surface area contributed by atoms with E-state index in [2.05, 4.69) is 0 Å². The SMILES string of the molecule is CCOC(=O)CCN1C(=N)c2cc(C=O)ccc2C1=O. The van der Waals surface area contributed by atoms with E-state index in [9.17, 15) is 14.4 Å². The Kier molecular flexibility index (Phi) is 3.93. The van der Waals surface area contributed by atoms with E-state index in [0.29, 0.717) is 23.0 Å². The second-order valence-corrected chi connectivity index (χ2v) is 4.28. The average molecular weight is 274 g/mol. The number of ether oxygens (including phenoxy) is 1. The quantitative estimate of drug-likeness (QED) is 0.646. The van der Waals surface area contributed by atoms with Crippen molar-refractivity contribution in [3.8, 4) is 0 Å². The molecule has 1 amide bonds. The molecule has 1 aliphatic heterocycles. The summed E-state index contributed by atoms with van der Waals surface area (Å²) in [6.07, 6.45) is 0.704. The number of amidine groups is 1. The molecule has 0 atom stereocenters. The van der Waals surface area contributed by atoms with Gasteiger partial charge in [0, 0.05) is 17.7 Å². The van der Waals surface area contributed by atoms with Crippen molar-refractivity contribution in [2.24, 2.45) is 0 Å². The van der Waals surface area contributed by atoms with Crippen molar-refractivity contribution in [3.05, 3.63) is 34.9 Å². The zero-order valence-electron chi connectivity index (χ0n) is 11.0. The third-order valence-electron chi connectivity index (χ3n) is 3.03. The summed E-state index contributed by atoms with van der Waals surface area (Å²) in [5.41, 5.74) is 1.21. The van der Waals surface area contributed by atoms with E-state index in [1.165, 1.54) is 23.1 Å². The molecular formula is C14H14N2O4. The summed E-state index contributed by atoms with van der Waals surface area (Å²) in [7, 11) is 0. The molecule has 2 rings (SSSR count). The Bertz CT molecular complexity index is 595. The highest BCUT2D eigenvalue weighted by atomic mass is 16.5. The first kappa shape index (κ1) is 13.9. The van der Waals surface area contributed by atoms with Crippen LogP contribution < -0.4 is 0 Å². The highest BCUT2D eigenvalue weighted by Gasteiger charge is 2.32. The molecule has 1 aromatic rings. The fraction of sp³-hybridized carbons (Fsp3) is 0.286. The molecule has 0 unspecified atom stereocenters. The molecule has 0 aliphatic carbocycles. The topological polar surface area (TPSA) is 87.5 Å². The predicted octanol–water partition coefficient (Wildman–Crippen LogP) is 1.23. The summed E-state index contributed by atoms with van der Waals surface area (Å²) in [6.45, 7) is 2.09. The number of fused-ring (bicyclic) bond motifs is 1. The Morgan fingerprint density at radius 2 is 2.15 bits per heavy atom. The number of benzene rings is 1. The first-order valence-electron chi connectivity index (χ1n) is 6.24. The lowest BCUT2D eigenvalue weighted by atomic mass is 10.1. The maximum Gasteiger partial charge on any atom is 0.307 e. The third kappa shape index (κ3) is 2.45. The number of hydrogen-bond acceptors (Lipinski definition) is 5. The number of esters is 1. The van der Waals surface area contributed by atoms with Crippen LogP contribution in [0.25, 0.3) is 0 Å². The number of nitrogens with one attached hydrogen (secondary N) is 1. The van der Waals surface area contributed by atoms with E-state index in [-0.39, 0.29) is 31.3 Å². The molecule has 0 radical (unpaired) electrons. The zero-order valence-corrected chi connectivity index (χ0v) is 11.0. The summed E-state index contributed by atoms with van der Waals surface area (Å²) in [4.78, 5) is 35.4. The van der Waals surface area contributed by atoms with Crippen LogP contribution in [0.2, 0.25) is 0 Å². The number of aldehydes is 1. The van der Waals surface area contributed by atoms with Crippen molar-refractivity contribution in [2.75, 3.05) is 13.2 Å². The molecule has 104 valence electrons. The van der Waals surface area contributed by atoms with E-state index in [4.69, 9.17) is 10.1 Å². The Morgan fingerprint density at radius 1 is 1.40 bits per heavy atom. The molecule has 1 N–H and O–H groups in total. The Balaban J connectivity index is 2.15. The summed E-state index contributed by atoms with van der Waals surface area (Å²) in [6, 6.07) is 4.57. The molecule has 0 aromatic heterocycles. The van der Waals surface area contributed by atoms with Crippen LogP contribution in [0.1, 0.15) is 39.6 Å². The van der Waals surface area contributed by atoms with Crippen LogP contribution in [0.5, 0.6) is 0 Å². The van der Waals surface area contributed by atoms with Crippen molar-refractivity contribution in [1.29, 1.82) is 5.41 Å². The van der Waals surface area contributed by atoms with Gasteiger partial charge in [-0.25, -0.2) is 0 Å². The highest BCUT2D eigenvalue weighted by Crippen LogP contribution is 2.23. The van der Waals surface area contributed by atoms with Gasteiger partial charge in [0.05, 0.1) is 18.6 Å². The van der Waals surface area contributed by atoms with Crippen molar-refractivity contribution in [1.82, 2.24) is 4.90 Å². The minimum Gasteiger partial charge on any atom is -0.466 e. The van der Waals surface area contributed by atoms with Gasteiger partial charge in [0.2, 0.25) is 0 Å². The molecular weight excluding hydrogens is 260 g/mol. The molecule has 0 saturated heterocycles. The van der Waals surface area contributed by atoms with Gasteiger partial charge >= 0.3 is 5.97 Å². The molecule has 0 saturated carbocycles. The lowest BCUT2D eigenvalue weighted by molar-refractivity contribution is -0.143. The van der Waals surface area contributed by atoms with Gasteiger partial charge in [0.15, 0.2) is 0 Å². The van der Waals surface area contributed by atoms with Gasteiger partial charge in [-0.05, 0) is 19.1 Å². The monoisotopic (exact) mass is 274 g/mol. The Labute approximate surface area is 115 Å². The van der Waals surface area contributed by atoms with E-state index in [0.717, 1.165) is 0 Å².